The summed E-state index contributed by atoms with van der Waals surface area (Å²) >= 11 is 0. The molecule has 1 aliphatic heterocycles. The fraction of sp³-hybridized carbons (Fsp3) is 0.438. The van der Waals surface area contributed by atoms with Crippen molar-refractivity contribution < 1.29 is 47.3 Å². The van der Waals surface area contributed by atoms with Crippen molar-refractivity contribution in [1.82, 2.24) is 0 Å². The molecule has 0 amide bonds. The Hall–Kier alpha value is -2.69. The lowest BCUT2D eigenvalue weighted by molar-refractivity contribution is -0.170. The Kier molecular flexibility index (Phi) is 11.8. The highest BCUT2D eigenvalue weighted by Gasteiger charge is 2.45. The summed E-state index contributed by atoms with van der Waals surface area (Å²) in [5, 5.41) is 0. The summed E-state index contributed by atoms with van der Waals surface area (Å²) in [6, 6.07) is 18.7. The number of unbranched alkanes of at least 4 members (excludes halogenated alkanes) is 2. The van der Waals surface area contributed by atoms with Crippen molar-refractivity contribution in [2.75, 3.05) is 19.8 Å². The SMILES string of the molecule is Cc1ccc(S(=O)(=O)OCCCCCC2(C)O[C@H](COS(=O)(=O)c3ccc(C)cc3)[C@@H](COS(=O)(=O)c3ccc(C)cc3)O2)cc1. The average Bonchev–Trinajstić information content (AvgIpc) is 3.33. The summed E-state index contributed by atoms with van der Waals surface area (Å²) in [7, 11) is -12.1. The lowest BCUT2D eigenvalue weighted by Gasteiger charge is -2.23. The second kappa shape index (κ2) is 15.0. The molecule has 0 saturated carbocycles. The van der Waals surface area contributed by atoms with E-state index < -0.39 is 61.6 Å². The second-order valence-electron chi connectivity index (χ2n) is 11.4. The molecule has 1 fully saturated rings. The van der Waals surface area contributed by atoms with E-state index in [1.165, 1.54) is 36.4 Å². The molecule has 3 aromatic carbocycles. The Morgan fingerprint density at radius 1 is 0.543 bits per heavy atom. The van der Waals surface area contributed by atoms with E-state index in [0.29, 0.717) is 25.7 Å². The second-order valence-corrected chi connectivity index (χ2v) is 16.3. The van der Waals surface area contributed by atoms with Crippen LogP contribution >= 0.6 is 0 Å². The average molecular weight is 697 g/mol. The number of benzene rings is 3. The van der Waals surface area contributed by atoms with E-state index in [-0.39, 0.29) is 21.3 Å². The van der Waals surface area contributed by atoms with Crippen molar-refractivity contribution in [3.63, 3.8) is 0 Å². The Bertz CT molecular complexity index is 1680. The van der Waals surface area contributed by atoms with Gasteiger partial charge in [-0.3, -0.25) is 12.5 Å². The smallest absolute Gasteiger partial charge is 0.297 e. The van der Waals surface area contributed by atoms with Crippen LogP contribution in [-0.4, -0.2) is 63.1 Å². The highest BCUT2D eigenvalue weighted by Crippen LogP contribution is 2.34. The minimum Gasteiger partial charge on any atom is -0.342 e. The molecule has 1 heterocycles. The predicted octanol–water partition coefficient (Wildman–Crippen LogP) is 5.19. The van der Waals surface area contributed by atoms with Crippen molar-refractivity contribution in [2.45, 2.75) is 86.1 Å². The molecule has 0 bridgehead atoms. The number of hydrogen-bond acceptors (Lipinski definition) is 11. The first-order chi connectivity index (χ1) is 21.6. The highest BCUT2D eigenvalue weighted by molar-refractivity contribution is 7.87. The van der Waals surface area contributed by atoms with E-state index in [9.17, 15) is 25.3 Å². The third-order valence-electron chi connectivity index (χ3n) is 7.43. The van der Waals surface area contributed by atoms with Crippen LogP contribution < -0.4 is 0 Å². The maximum Gasteiger partial charge on any atom is 0.297 e. The van der Waals surface area contributed by atoms with Gasteiger partial charge < -0.3 is 9.47 Å². The van der Waals surface area contributed by atoms with Crippen molar-refractivity contribution in [3.8, 4) is 0 Å². The van der Waals surface area contributed by atoms with Gasteiger partial charge in [0, 0.05) is 6.42 Å². The zero-order chi connectivity index (χ0) is 33.6. The molecular formula is C32H40O11S3. The van der Waals surface area contributed by atoms with Crippen LogP contribution in [-0.2, 0) is 52.4 Å². The number of rotatable bonds is 16. The first-order valence-electron chi connectivity index (χ1n) is 14.8. The van der Waals surface area contributed by atoms with Gasteiger partial charge in [0.1, 0.15) is 12.2 Å². The molecule has 2 atom stereocenters. The molecule has 1 aliphatic rings. The molecule has 252 valence electrons. The zero-order valence-electron chi connectivity index (χ0n) is 26.2. The molecule has 0 spiro atoms. The van der Waals surface area contributed by atoms with Crippen LogP contribution in [0.5, 0.6) is 0 Å². The molecule has 4 rings (SSSR count). The Labute approximate surface area is 272 Å². The number of hydrogen-bond donors (Lipinski definition) is 0. The molecular weight excluding hydrogens is 657 g/mol. The molecule has 1 saturated heterocycles. The summed E-state index contributed by atoms with van der Waals surface area (Å²) in [4.78, 5) is 0.0379. The van der Waals surface area contributed by atoms with E-state index in [1.54, 1.807) is 43.3 Å². The van der Waals surface area contributed by atoms with E-state index in [4.69, 9.17) is 22.0 Å². The van der Waals surface area contributed by atoms with E-state index in [1.807, 2.05) is 20.8 Å². The normalized spacial score (nSPS) is 18.5. The Morgan fingerprint density at radius 3 is 1.26 bits per heavy atom. The van der Waals surface area contributed by atoms with Gasteiger partial charge >= 0.3 is 0 Å². The van der Waals surface area contributed by atoms with Crippen LogP contribution in [0.25, 0.3) is 0 Å². The Balaban J connectivity index is 1.35. The number of aryl methyl sites for hydroxylation is 3. The molecule has 0 aliphatic carbocycles. The van der Waals surface area contributed by atoms with Gasteiger partial charge in [-0.25, -0.2) is 0 Å². The standard InChI is InChI=1S/C32H40O11S3/c1-24-8-14-27(15-9-24)44(33,34)39-21-7-5-6-20-32(4)42-30(22-40-45(35,36)28-16-10-25(2)11-17-28)31(43-32)23-41-46(37,38)29-18-12-26(3)13-19-29/h8-19,30-31H,5-7,20-23H2,1-4H3/t30-,31-/m1/s1. The lowest BCUT2D eigenvalue weighted by atomic mass is 10.1. The minimum atomic E-state index is -4.13. The summed E-state index contributed by atoms with van der Waals surface area (Å²) < 4.78 is 104. The monoisotopic (exact) mass is 696 g/mol. The van der Waals surface area contributed by atoms with E-state index >= 15 is 0 Å². The maximum absolute atomic E-state index is 12.8. The Morgan fingerprint density at radius 2 is 0.891 bits per heavy atom. The van der Waals surface area contributed by atoms with Crippen molar-refractivity contribution in [2.24, 2.45) is 0 Å². The van der Waals surface area contributed by atoms with Gasteiger partial charge in [0.15, 0.2) is 5.79 Å². The van der Waals surface area contributed by atoms with Crippen LogP contribution in [0.4, 0.5) is 0 Å². The van der Waals surface area contributed by atoms with Crippen LogP contribution in [0.2, 0.25) is 0 Å². The van der Waals surface area contributed by atoms with E-state index in [2.05, 4.69) is 0 Å². The van der Waals surface area contributed by atoms with Gasteiger partial charge in [-0.2, -0.15) is 25.3 Å². The quantitative estimate of drug-likeness (QED) is 0.144. The largest absolute Gasteiger partial charge is 0.342 e. The van der Waals surface area contributed by atoms with Gasteiger partial charge in [0.05, 0.1) is 34.5 Å². The van der Waals surface area contributed by atoms with Gasteiger partial charge in [-0.1, -0.05) is 59.5 Å². The molecule has 0 unspecified atom stereocenters. The fourth-order valence-electron chi connectivity index (χ4n) is 4.75. The van der Waals surface area contributed by atoms with Crippen LogP contribution in [0, 0.1) is 20.8 Å². The number of ether oxygens (including phenoxy) is 2. The molecule has 14 heteroatoms. The van der Waals surface area contributed by atoms with Gasteiger partial charge in [0.2, 0.25) is 0 Å². The topological polar surface area (TPSA) is 149 Å². The van der Waals surface area contributed by atoms with Crippen LogP contribution in [0.3, 0.4) is 0 Å². The van der Waals surface area contributed by atoms with Crippen molar-refractivity contribution >= 4 is 30.4 Å². The molecule has 3 aromatic rings. The summed E-state index contributed by atoms with van der Waals surface area (Å²) in [5.41, 5.74) is 2.70. The summed E-state index contributed by atoms with van der Waals surface area (Å²) in [6.07, 6.45) is -0.0147. The predicted molar refractivity (Wildman–Crippen MR) is 170 cm³/mol. The zero-order valence-corrected chi connectivity index (χ0v) is 28.7. The highest BCUT2D eigenvalue weighted by atomic mass is 32.2. The van der Waals surface area contributed by atoms with Gasteiger partial charge in [-0.05, 0) is 76.9 Å². The van der Waals surface area contributed by atoms with Gasteiger partial charge in [0.25, 0.3) is 30.4 Å². The maximum atomic E-state index is 12.8. The summed E-state index contributed by atoms with van der Waals surface area (Å²) in [6.45, 7) is 6.32. The van der Waals surface area contributed by atoms with Gasteiger partial charge in [-0.15, -0.1) is 0 Å². The lowest BCUT2D eigenvalue weighted by Crippen LogP contribution is -2.33. The van der Waals surface area contributed by atoms with E-state index in [0.717, 1.165) is 16.7 Å². The van der Waals surface area contributed by atoms with Crippen LogP contribution in [0.15, 0.2) is 87.5 Å². The first kappa shape index (κ1) is 36.2. The van der Waals surface area contributed by atoms with Crippen molar-refractivity contribution in [3.05, 3.63) is 89.5 Å². The molecule has 0 radical (unpaired) electrons. The third-order valence-corrected chi connectivity index (χ3v) is 11.4. The fourth-order valence-corrected chi connectivity index (χ4v) is 7.53. The molecule has 11 nitrogen and oxygen atoms in total. The van der Waals surface area contributed by atoms with Crippen LogP contribution in [0.1, 0.15) is 49.3 Å². The molecule has 0 aromatic heterocycles. The van der Waals surface area contributed by atoms with Crippen molar-refractivity contribution in [1.29, 1.82) is 0 Å². The molecule has 46 heavy (non-hydrogen) atoms. The summed E-state index contributed by atoms with van der Waals surface area (Å²) in [5.74, 6) is -1.21. The first-order valence-corrected chi connectivity index (χ1v) is 19.1. The molecule has 0 N–H and O–H groups in total. The third kappa shape index (κ3) is 9.91. The minimum absolute atomic E-state index is 0.00465.